The molecule has 1 aliphatic heterocycles. The van der Waals surface area contributed by atoms with Gasteiger partial charge in [0.2, 0.25) is 5.91 Å². The van der Waals surface area contributed by atoms with Crippen LogP contribution in [0.1, 0.15) is 39.0 Å². The van der Waals surface area contributed by atoms with E-state index >= 15 is 0 Å². The van der Waals surface area contributed by atoms with Crippen molar-refractivity contribution in [1.82, 2.24) is 10.2 Å². The third-order valence-corrected chi connectivity index (χ3v) is 4.37. The first kappa shape index (κ1) is 19.0. The van der Waals surface area contributed by atoms with Crippen LogP contribution in [0.4, 0.5) is 0 Å². The molecule has 2 atom stereocenters. The first-order valence-electron chi connectivity index (χ1n) is 7.77. The number of esters is 2. The van der Waals surface area contributed by atoms with E-state index in [4.69, 9.17) is 4.74 Å². The number of nitrogens with zero attached hydrogens (tertiary/aromatic N) is 1. The van der Waals surface area contributed by atoms with Gasteiger partial charge in [-0.25, -0.2) is 4.79 Å². The summed E-state index contributed by atoms with van der Waals surface area (Å²) in [5, 5.41) is 3.01. The van der Waals surface area contributed by atoms with E-state index in [1.165, 1.54) is 6.92 Å². The molecule has 1 unspecified atom stereocenters. The van der Waals surface area contributed by atoms with Crippen molar-refractivity contribution in [2.75, 3.05) is 25.9 Å². The van der Waals surface area contributed by atoms with Crippen LogP contribution in [0.15, 0.2) is 0 Å². The molecule has 0 saturated carbocycles. The van der Waals surface area contributed by atoms with Gasteiger partial charge in [-0.3, -0.25) is 9.59 Å². The molecule has 0 aromatic heterocycles. The smallest absolute Gasteiger partial charge is 0.330 e. The van der Waals surface area contributed by atoms with Crippen molar-refractivity contribution in [3.05, 3.63) is 0 Å². The van der Waals surface area contributed by atoms with Crippen LogP contribution in [0.5, 0.6) is 0 Å². The van der Waals surface area contributed by atoms with E-state index in [2.05, 4.69) is 17.9 Å². The van der Waals surface area contributed by atoms with Crippen LogP contribution < -0.4 is 5.32 Å². The van der Waals surface area contributed by atoms with Gasteiger partial charge in [-0.2, -0.15) is 12.6 Å². The zero-order valence-corrected chi connectivity index (χ0v) is 14.2. The van der Waals surface area contributed by atoms with Gasteiger partial charge in [-0.05, 0) is 32.2 Å². The molecule has 1 amide bonds. The van der Waals surface area contributed by atoms with Crippen molar-refractivity contribution in [1.29, 1.82) is 0 Å². The van der Waals surface area contributed by atoms with Crippen LogP contribution >= 0.6 is 12.6 Å². The van der Waals surface area contributed by atoms with Crippen molar-refractivity contribution in [3.63, 3.8) is 0 Å². The molecule has 0 aromatic rings. The van der Waals surface area contributed by atoms with E-state index in [1.54, 1.807) is 11.9 Å². The highest BCUT2D eigenvalue weighted by Gasteiger charge is 2.28. The Hall–Kier alpha value is -1.08. The van der Waals surface area contributed by atoms with E-state index in [9.17, 15) is 14.4 Å². The number of ether oxygens (including phenoxy) is 1. The fraction of sp³-hybridized carbons (Fsp3) is 0.800. The van der Waals surface area contributed by atoms with Crippen LogP contribution in [0.3, 0.4) is 0 Å². The molecule has 7 heteroatoms. The van der Waals surface area contributed by atoms with Gasteiger partial charge in [0, 0.05) is 26.3 Å². The second-order valence-corrected chi connectivity index (χ2v) is 6.07. The topological polar surface area (TPSA) is 75.7 Å². The van der Waals surface area contributed by atoms with E-state index in [0.717, 1.165) is 32.2 Å². The van der Waals surface area contributed by atoms with Gasteiger partial charge in [0.05, 0.1) is 5.92 Å². The van der Waals surface area contributed by atoms with Crippen molar-refractivity contribution < 1.29 is 19.1 Å². The third kappa shape index (κ3) is 6.36. The average molecular weight is 330 g/mol. The maximum absolute atomic E-state index is 12.0. The summed E-state index contributed by atoms with van der Waals surface area (Å²) in [6.07, 6.45) is 3.85. The van der Waals surface area contributed by atoms with E-state index in [-0.39, 0.29) is 17.9 Å². The van der Waals surface area contributed by atoms with Gasteiger partial charge in [0.1, 0.15) is 6.04 Å². The molecule has 126 valence electrons. The average Bonchev–Trinajstić information content (AvgIpc) is 3.01. The van der Waals surface area contributed by atoms with Gasteiger partial charge in [0.25, 0.3) is 0 Å². The predicted octanol–water partition coefficient (Wildman–Crippen LogP) is 1.00. The number of nitrogens with one attached hydrogen (secondary N) is 1. The number of rotatable bonds is 8. The molecule has 0 bridgehead atoms. The van der Waals surface area contributed by atoms with Crippen LogP contribution in [0.25, 0.3) is 0 Å². The summed E-state index contributed by atoms with van der Waals surface area (Å²) in [6.45, 7) is 2.97. The van der Waals surface area contributed by atoms with Gasteiger partial charge in [0.15, 0.2) is 0 Å². The lowest BCUT2D eigenvalue weighted by molar-refractivity contribution is -0.163. The molecular weight excluding hydrogens is 304 g/mol. The largest absolute Gasteiger partial charge is 0.392 e. The van der Waals surface area contributed by atoms with Crippen molar-refractivity contribution in [3.8, 4) is 0 Å². The Kier molecular flexibility index (Phi) is 8.48. The van der Waals surface area contributed by atoms with E-state index < -0.39 is 11.9 Å². The number of unbranched alkanes of at least 4 members (excludes halogenated alkanes) is 1. The summed E-state index contributed by atoms with van der Waals surface area (Å²) >= 11 is 4.17. The zero-order valence-electron chi connectivity index (χ0n) is 13.3. The van der Waals surface area contributed by atoms with Crippen LogP contribution in [0.2, 0.25) is 0 Å². The normalized spacial score (nSPS) is 18.8. The zero-order chi connectivity index (χ0) is 16.5. The number of carbonyl (C=O) groups is 3. The lowest BCUT2D eigenvalue weighted by atomic mass is 10.0. The fourth-order valence-corrected chi connectivity index (χ4v) is 2.65. The quantitative estimate of drug-likeness (QED) is 0.301. The third-order valence-electron chi connectivity index (χ3n) is 3.93. The molecule has 1 N–H and O–H groups in total. The van der Waals surface area contributed by atoms with E-state index in [0.29, 0.717) is 18.7 Å². The highest BCUT2D eigenvalue weighted by molar-refractivity contribution is 7.80. The molecule has 1 saturated heterocycles. The molecule has 0 spiro atoms. The number of thiol groups is 1. The highest BCUT2D eigenvalue weighted by atomic mass is 32.1. The Morgan fingerprint density at radius 1 is 1.36 bits per heavy atom. The lowest BCUT2D eigenvalue weighted by Gasteiger charge is -2.17. The maximum Gasteiger partial charge on any atom is 0.330 e. The monoisotopic (exact) mass is 330 g/mol. The molecule has 1 heterocycles. The second kappa shape index (κ2) is 9.84. The van der Waals surface area contributed by atoms with E-state index in [1.807, 2.05) is 0 Å². The standard InChI is InChI=1S/C15H26N2O4S/c1-11(18)17(2)9-4-3-6-12(10-22)14(19)21-15(20)13-7-5-8-16-13/h12-13,16,22H,3-10H2,1-2H3/t12?,13-/m0/s1. The Balaban J connectivity index is 2.28. The summed E-state index contributed by atoms with van der Waals surface area (Å²) in [5.41, 5.74) is 0. The fourth-order valence-electron chi connectivity index (χ4n) is 2.32. The molecular formula is C15H26N2O4S. The molecule has 1 rings (SSSR count). The molecule has 0 aromatic carbocycles. The molecule has 22 heavy (non-hydrogen) atoms. The van der Waals surface area contributed by atoms with Gasteiger partial charge in [-0.15, -0.1) is 0 Å². The summed E-state index contributed by atoms with van der Waals surface area (Å²) in [4.78, 5) is 36.5. The minimum absolute atomic E-state index is 0.0276. The van der Waals surface area contributed by atoms with Gasteiger partial charge in [-0.1, -0.05) is 6.42 Å². The number of hydrogen-bond donors (Lipinski definition) is 2. The van der Waals surface area contributed by atoms with Crippen molar-refractivity contribution in [2.24, 2.45) is 5.92 Å². The highest BCUT2D eigenvalue weighted by Crippen LogP contribution is 2.15. The first-order chi connectivity index (χ1) is 10.5. The minimum atomic E-state index is -0.492. The summed E-state index contributed by atoms with van der Waals surface area (Å²) in [6, 6.07) is -0.353. The number of amides is 1. The second-order valence-electron chi connectivity index (χ2n) is 5.70. The van der Waals surface area contributed by atoms with Crippen LogP contribution in [0, 0.1) is 5.92 Å². The van der Waals surface area contributed by atoms with Crippen LogP contribution in [-0.4, -0.2) is 54.7 Å². The maximum atomic E-state index is 12.0. The Morgan fingerprint density at radius 3 is 2.64 bits per heavy atom. The molecule has 6 nitrogen and oxygen atoms in total. The van der Waals surface area contributed by atoms with Crippen LogP contribution in [-0.2, 0) is 19.1 Å². The summed E-state index contributed by atoms with van der Waals surface area (Å²) in [7, 11) is 1.75. The van der Waals surface area contributed by atoms with Crippen molar-refractivity contribution >= 4 is 30.5 Å². The first-order valence-corrected chi connectivity index (χ1v) is 8.40. The Labute approximate surface area is 137 Å². The molecule has 0 aliphatic carbocycles. The SMILES string of the molecule is CC(=O)N(C)CCCCC(CS)C(=O)OC(=O)[C@@H]1CCCN1. The summed E-state index contributed by atoms with van der Waals surface area (Å²) < 4.78 is 4.95. The Bertz CT molecular complexity index is 397. The summed E-state index contributed by atoms with van der Waals surface area (Å²) in [5.74, 6) is -0.970. The minimum Gasteiger partial charge on any atom is -0.392 e. The number of hydrogen-bond acceptors (Lipinski definition) is 6. The van der Waals surface area contributed by atoms with Crippen molar-refractivity contribution in [2.45, 2.75) is 45.1 Å². The lowest BCUT2D eigenvalue weighted by Crippen LogP contribution is -2.35. The Morgan fingerprint density at radius 2 is 2.09 bits per heavy atom. The molecule has 0 radical (unpaired) electrons. The predicted molar refractivity (Wildman–Crippen MR) is 86.6 cm³/mol. The molecule has 1 fully saturated rings. The van der Waals surface area contributed by atoms with Gasteiger partial charge >= 0.3 is 11.9 Å². The van der Waals surface area contributed by atoms with Gasteiger partial charge < -0.3 is 15.0 Å². The number of carbonyl (C=O) groups excluding carboxylic acids is 3. The molecule has 1 aliphatic rings.